The monoisotopic (exact) mass is 297 g/mol. The molecule has 0 unspecified atom stereocenters. The largest absolute Gasteiger partial charge is 0.207 e. The predicted octanol–water partition coefficient (Wildman–Crippen LogP) is 3.90. The van der Waals surface area contributed by atoms with E-state index in [4.69, 9.17) is 0 Å². The van der Waals surface area contributed by atoms with Crippen LogP contribution in [-0.2, 0) is 0 Å². The number of hydrogen-bond donors (Lipinski definition) is 0. The minimum Gasteiger partial charge on any atom is -0.207 e. The molecule has 0 aliphatic carbocycles. The molecule has 0 bridgehead atoms. The molecule has 2 heteroatoms. The Hall–Kier alpha value is -0.900. The van der Waals surface area contributed by atoms with Crippen LogP contribution in [0.15, 0.2) is 42.5 Å². The molecule has 0 aromatic heterocycles. The summed E-state index contributed by atoms with van der Waals surface area (Å²) in [6.07, 6.45) is 0. The summed E-state index contributed by atoms with van der Waals surface area (Å²) in [5, 5.41) is 0. The van der Waals surface area contributed by atoms with Gasteiger partial charge < -0.3 is 0 Å². The fraction of sp³-hybridized carbons (Fsp3) is 0. The second kappa shape index (κ2) is 4.09. The molecule has 0 saturated carbocycles. The Morgan fingerprint density at radius 1 is 1.07 bits per heavy atom. The van der Waals surface area contributed by atoms with Crippen LogP contribution in [0, 0.1) is 15.5 Å². The van der Waals surface area contributed by atoms with E-state index in [1.54, 1.807) is 6.07 Å². The molecular weight excluding hydrogens is 290 g/mol. The highest BCUT2D eigenvalue weighted by atomic mass is 127. The molecule has 0 nitrogen and oxygen atoms in total. The molecule has 0 amide bonds. The first-order chi connectivity index (χ1) is 6.75. The highest BCUT2D eigenvalue weighted by Crippen LogP contribution is 2.20. The summed E-state index contributed by atoms with van der Waals surface area (Å²) in [7, 11) is 0. The summed E-state index contributed by atoms with van der Waals surface area (Å²) in [4.78, 5) is 0. The van der Waals surface area contributed by atoms with Crippen molar-refractivity contribution in [3.63, 3.8) is 0 Å². The summed E-state index contributed by atoms with van der Waals surface area (Å²) in [6, 6.07) is 15.4. The highest BCUT2D eigenvalue weighted by molar-refractivity contribution is 14.1. The Bertz CT molecular complexity index is 434. The molecule has 0 N–H and O–H groups in total. The van der Waals surface area contributed by atoms with Crippen LogP contribution < -0.4 is 0 Å². The zero-order chi connectivity index (χ0) is 9.97. The molecule has 2 aromatic carbocycles. The molecule has 2 aromatic rings. The van der Waals surface area contributed by atoms with Gasteiger partial charge in [0.1, 0.15) is 5.82 Å². The molecule has 0 aliphatic rings. The molecule has 14 heavy (non-hydrogen) atoms. The van der Waals surface area contributed by atoms with Crippen LogP contribution in [0.1, 0.15) is 0 Å². The Morgan fingerprint density at radius 2 is 1.93 bits per heavy atom. The van der Waals surface area contributed by atoms with Crippen LogP contribution in [0.5, 0.6) is 0 Å². The van der Waals surface area contributed by atoms with Gasteiger partial charge in [-0.05, 0) is 64.0 Å². The Kier molecular flexibility index (Phi) is 2.82. The van der Waals surface area contributed by atoms with E-state index in [0.717, 1.165) is 14.7 Å². The van der Waals surface area contributed by atoms with E-state index in [1.165, 1.54) is 12.1 Å². The first kappa shape index (κ1) is 9.65. The van der Waals surface area contributed by atoms with Gasteiger partial charge in [-0.1, -0.05) is 18.2 Å². The van der Waals surface area contributed by atoms with Crippen molar-refractivity contribution >= 4 is 22.6 Å². The van der Waals surface area contributed by atoms with Crippen LogP contribution in [-0.4, -0.2) is 0 Å². The standard InChI is InChI=1S/C12H7FI/c13-11-3-1-2-10(8-11)9-4-6-12(14)7-5-9/h1-6,8H. The Morgan fingerprint density at radius 3 is 2.57 bits per heavy atom. The third-order valence-electron chi connectivity index (χ3n) is 1.93. The van der Waals surface area contributed by atoms with E-state index in [1.807, 2.05) is 24.3 Å². The second-order valence-electron chi connectivity index (χ2n) is 2.94. The summed E-state index contributed by atoms with van der Waals surface area (Å²) in [5.74, 6) is -0.207. The fourth-order valence-corrected chi connectivity index (χ4v) is 1.59. The summed E-state index contributed by atoms with van der Waals surface area (Å²) >= 11 is 2.19. The van der Waals surface area contributed by atoms with E-state index in [9.17, 15) is 4.39 Å². The van der Waals surface area contributed by atoms with E-state index in [0.29, 0.717) is 0 Å². The van der Waals surface area contributed by atoms with Crippen molar-refractivity contribution in [1.29, 1.82) is 0 Å². The third kappa shape index (κ3) is 2.12. The van der Waals surface area contributed by atoms with Crippen molar-refractivity contribution in [3.05, 3.63) is 57.9 Å². The van der Waals surface area contributed by atoms with Crippen molar-refractivity contribution in [1.82, 2.24) is 0 Å². The Balaban J connectivity index is 2.44. The van der Waals surface area contributed by atoms with Crippen molar-refractivity contribution in [2.24, 2.45) is 0 Å². The van der Waals surface area contributed by atoms with Gasteiger partial charge >= 0.3 is 0 Å². The van der Waals surface area contributed by atoms with Gasteiger partial charge in [-0.3, -0.25) is 0 Å². The van der Waals surface area contributed by atoms with Crippen LogP contribution in [0.3, 0.4) is 0 Å². The molecule has 0 heterocycles. The lowest BCUT2D eigenvalue weighted by molar-refractivity contribution is 0.628. The number of benzene rings is 2. The summed E-state index contributed by atoms with van der Waals surface area (Å²) < 4.78 is 14.0. The lowest BCUT2D eigenvalue weighted by Crippen LogP contribution is -1.80. The first-order valence-electron chi connectivity index (χ1n) is 4.19. The van der Waals surface area contributed by atoms with E-state index < -0.39 is 0 Å². The van der Waals surface area contributed by atoms with Crippen molar-refractivity contribution in [2.45, 2.75) is 0 Å². The predicted molar refractivity (Wildman–Crippen MR) is 63.4 cm³/mol. The Labute approximate surface area is 95.9 Å². The second-order valence-corrected chi connectivity index (χ2v) is 4.10. The molecule has 0 fully saturated rings. The quantitative estimate of drug-likeness (QED) is 0.700. The van der Waals surface area contributed by atoms with Crippen molar-refractivity contribution in [2.75, 3.05) is 0 Å². The molecule has 0 spiro atoms. The van der Waals surface area contributed by atoms with Gasteiger partial charge in [0, 0.05) is 3.57 Å². The molecule has 0 aliphatic heterocycles. The maximum atomic E-state index is 12.9. The van der Waals surface area contributed by atoms with Gasteiger partial charge in [0.15, 0.2) is 0 Å². The molecule has 0 saturated heterocycles. The average molecular weight is 297 g/mol. The van der Waals surface area contributed by atoms with Crippen LogP contribution in [0.25, 0.3) is 11.1 Å². The van der Waals surface area contributed by atoms with Gasteiger partial charge in [-0.25, -0.2) is 4.39 Å². The number of rotatable bonds is 1. The minimum atomic E-state index is -0.207. The van der Waals surface area contributed by atoms with Crippen LogP contribution >= 0.6 is 22.6 Å². The zero-order valence-corrected chi connectivity index (χ0v) is 9.45. The fourth-order valence-electron chi connectivity index (χ4n) is 1.25. The SMILES string of the molecule is Fc1cccc(-c2c[c]c(I)cc2)c1. The highest BCUT2D eigenvalue weighted by Gasteiger charge is 1.98. The van der Waals surface area contributed by atoms with Gasteiger partial charge in [0.2, 0.25) is 0 Å². The van der Waals surface area contributed by atoms with Gasteiger partial charge in [0.25, 0.3) is 0 Å². The smallest absolute Gasteiger partial charge is 0.123 e. The average Bonchev–Trinajstić information content (AvgIpc) is 2.19. The van der Waals surface area contributed by atoms with Gasteiger partial charge in [0.05, 0.1) is 0 Å². The van der Waals surface area contributed by atoms with E-state index >= 15 is 0 Å². The van der Waals surface area contributed by atoms with Gasteiger partial charge in [-0.15, -0.1) is 0 Å². The van der Waals surface area contributed by atoms with E-state index in [2.05, 4.69) is 28.7 Å². The normalized spacial score (nSPS) is 10.1. The maximum absolute atomic E-state index is 12.9. The van der Waals surface area contributed by atoms with E-state index in [-0.39, 0.29) is 5.82 Å². The lowest BCUT2D eigenvalue weighted by atomic mass is 10.1. The minimum absolute atomic E-state index is 0.207. The summed E-state index contributed by atoms with van der Waals surface area (Å²) in [5.41, 5.74) is 1.88. The van der Waals surface area contributed by atoms with Crippen molar-refractivity contribution in [3.8, 4) is 11.1 Å². The van der Waals surface area contributed by atoms with Crippen LogP contribution in [0.4, 0.5) is 4.39 Å². The third-order valence-corrected chi connectivity index (χ3v) is 2.60. The molecule has 0 atom stereocenters. The van der Waals surface area contributed by atoms with Crippen LogP contribution in [0.2, 0.25) is 0 Å². The number of halogens is 2. The molecule has 2 rings (SSSR count). The lowest BCUT2D eigenvalue weighted by Gasteiger charge is -2.00. The number of hydrogen-bond acceptors (Lipinski definition) is 0. The first-order valence-corrected chi connectivity index (χ1v) is 5.27. The molecule has 69 valence electrons. The topological polar surface area (TPSA) is 0 Å². The van der Waals surface area contributed by atoms with Gasteiger partial charge in [-0.2, -0.15) is 0 Å². The zero-order valence-electron chi connectivity index (χ0n) is 7.30. The molecular formula is C12H7FI. The van der Waals surface area contributed by atoms with Crippen molar-refractivity contribution < 1.29 is 4.39 Å². The summed E-state index contributed by atoms with van der Waals surface area (Å²) in [6.45, 7) is 0. The maximum Gasteiger partial charge on any atom is 0.123 e. The molecule has 1 radical (unpaired) electrons.